The van der Waals surface area contributed by atoms with Crippen LogP contribution in [0.25, 0.3) is 22.4 Å². The summed E-state index contributed by atoms with van der Waals surface area (Å²) in [4.78, 5) is 14.1. The molecule has 1 atom stereocenters. The van der Waals surface area contributed by atoms with Gasteiger partial charge in [-0.05, 0) is 45.7 Å². The number of carbonyl (C=O) groups is 1. The molecule has 0 radical (unpaired) electrons. The monoisotopic (exact) mass is 457 g/mol. The molecule has 5 rings (SSSR count). The third kappa shape index (κ3) is 3.34. The van der Waals surface area contributed by atoms with Gasteiger partial charge in [0.1, 0.15) is 22.9 Å². The molecule has 9 nitrogen and oxygen atoms in total. The molecular formula is C25H27N7O2. The molecular weight excluding hydrogens is 430 g/mol. The number of nitrogens with zero attached hydrogens (tertiary/aromatic N) is 5. The van der Waals surface area contributed by atoms with Crippen LogP contribution in [0.15, 0.2) is 39.9 Å². The quantitative estimate of drug-likeness (QED) is 0.458. The molecule has 1 unspecified atom stereocenters. The first-order valence-corrected chi connectivity index (χ1v) is 11.4. The van der Waals surface area contributed by atoms with Crippen molar-refractivity contribution in [1.82, 2.24) is 20.1 Å². The van der Waals surface area contributed by atoms with E-state index in [1.165, 1.54) is 0 Å². The molecule has 2 aliphatic rings. The lowest BCUT2D eigenvalue weighted by Gasteiger charge is -2.32. The van der Waals surface area contributed by atoms with Crippen molar-refractivity contribution in [2.24, 2.45) is 10.8 Å². The number of carbonyl (C=O) groups excluding carboxylic acids is 1. The maximum Gasteiger partial charge on any atom is 0.263 e. The predicted molar refractivity (Wildman–Crippen MR) is 129 cm³/mol. The number of rotatable bonds is 3. The molecule has 1 fully saturated rings. The zero-order valence-corrected chi connectivity index (χ0v) is 19.6. The Morgan fingerprint density at radius 3 is 2.76 bits per heavy atom. The van der Waals surface area contributed by atoms with Crippen molar-refractivity contribution < 1.29 is 9.21 Å². The Balaban J connectivity index is 1.60. The first-order chi connectivity index (χ1) is 16.3. The Morgan fingerprint density at radius 2 is 2.06 bits per heavy atom. The minimum atomic E-state index is -0.307. The number of hydrogen-bond donors (Lipinski definition) is 2. The van der Waals surface area contributed by atoms with Crippen molar-refractivity contribution in [3.63, 3.8) is 0 Å². The van der Waals surface area contributed by atoms with Gasteiger partial charge in [0.2, 0.25) is 0 Å². The highest BCUT2D eigenvalue weighted by molar-refractivity contribution is 6.05. The number of nitrogens with one attached hydrogen (secondary N) is 1. The van der Waals surface area contributed by atoms with E-state index in [-0.39, 0.29) is 23.6 Å². The zero-order valence-electron chi connectivity index (χ0n) is 19.6. The summed E-state index contributed by atoms with van der Waals surface area (Å²) in [6.07, 6.45) is 1.38. The molecule has 1 amide bonds. The number of likely N-dealkylation sites (tertiary alicyclic amines) is 1. The Labute approximate surface area is 197 Å². The predicted octanol–water partition coefficient (Wildman–Crippen LogP) is 3.44. The van der Waals surface area contributed by atoms with Crippen LogP contribution in [0.5, 0.6) is 0 Å². The number of fused-ring (bicyclic) bond motifs is 2. The van der Waals surface area contributed by atoms with Crippen molar-refractivity contribution in [2.45, 2.75) is 45.7 Å². The third-order valence-corrected chi connectivity index (χ3v) is 6.78. The average Bonchev–Trinajstić information content (AvgIpc) is 3.39. The maximum absolute atomic E-state index is 12.4. The highest BCUT2D eigenvalue weighted by Gasteiger charge is 2.35. The highest BCUT2D eigenvalue weighted by Crippen LogP contribution is 2.40. The second-order valence-corrected chi connectivity index (χ2v) is 9.07. The highest BCUT2D eigenvalue weighted by atomic mass is 16.3. The summed E-state index contributed by atoms with van der Waals surface area (Å²) in [5, 5.41) is 19.4. The van der Waals surface area contributed by atoms with Gasteiger partial charge in [-0.25, -0.2) is 0 Å². The van der Waals surface area contributed by atoms with Gasteiger partial charge < -0.3 is 15.1 Å². The van der Waals surface area contributed by atoms with Gasteiger partial charge in [-0.1, -0.05) is 18.2 Å². The molecule has 0 bridgehead atoms. The lowest BCUT2D eigenvalue weighted by Crippen LogP contribution is -2.39. The molecule has 0 saturated carbocycles. The third-order valence-electron chi connectivity index (χ3n) is 6.78. The summed E-state index contributed by atoms with van der Waals surface area (Å²) >= 11 is 0. The van der Waals surface area contributed by atoms with Crippen molar-refractivity contribution in [3.05, 3.63) is 52.7 Å². The molecule has 0 aliphatic carbocycles. The number of benzene rings is 1. The van der Waals surface area contributed by atoms with Crippen LogP contribution in [0, 0.1) is 25.2 Å². The van der Waals surface area contributed by atoms with Crippen LogP contribution < -0.4 is 11.2 Å². The van der Waals surface area contributed by atoms with Gasteiger partial charge in [-0.2, -0.15) is 15.5 Å². The Bertz CT molecular complexity index is 1400. The van der Waals surface area contributed by atoms with Gasteiger partial charge in [-0.15, -0.1) is 0 Å². The first kappa shape index (κ1) is 21.8. The molecule has 174 valence electrons. The Hall–Kier alpha value is -4.06. The van der Waals surface area contributed by atoms with E-state index in [0.29, 0.717) is 31.8 Å². The summed E-state index contributed by atoms with van der Waals surface area (Å²) in [5.41, 5.74) is 14.8. The second-order valence-electron chi connectivity index (χ2n) is 9.07. The van der Waals surface area contributed by atoms with E-state index >= 15 is 0 Å². The lowest BCUT2D eigenvalue weighted by molar-refractivity contribution is -0.127. The molecule has 34 heavy (non-hydrogen) atoms. The Morgan fingerprint density at radius 1 is 1.32 bits per heavy atom. The molecule has 1 saturated heterocycles. The van der Waals surface area contributed by atoms with Crippen LogP contribution in [0.1, 0.15) is 54.2 Å². The fourth-order valence-corrected chi connectivity index (χ4v) is 4.89. The van der Waals surface area contributed by atoms with Gasteiger partial charge in [0.15, 0.2) is 11.6 Å². The first-order valence-electron chi connectivity index (χ1n) is 11.4. The van der Waals surface area contributed by atoms with Crippen LogP contribution in [0.4, 0.5) is 0 Å². The average molecular weight is 458 g/mol. The normalized spacial score (nSPS) is 18.2. The van der Waals surface area contributed by atoms with E-state index in [9.17, 15) is 4.79 Å². The molecule has 2 aromatic heterocycles. The number of nitrogens with two attached hydrogens (primary N) is 1. The van der Waals surface area contributed by atoms with Crippen LogP contribution in [0.2, 0.25) is 0 Å². The molecule has 4 heterocycles. The van der Waals surface area contributed by atoms with Gasteiger partial charge in [0.05, 0.1) is 23.3 Å². The SMILES string of the molecule is C=C(C#N)C(=O)N1CCC(n2nc3c(c2-c2oc4ccc(C)cc4c2C)C(N)=NNC3C)CC1. The number of aryl methyl sites for hydroxylation is 2. The lowest BCUT2D eigenvalue weighted by atomic mass is 10.00. The molecule has 9 heteroatoms. The van der Waals surface area contributed by atoms with E-state index < -0.39 is 0 Å². The van der Waals surface area contributed by atoms with E-state index in [1.54, 1.807) is 4.90 Å². The number of amidine groups is 1. The summed E-state index contributed by atoms with van der Waals surface area (Å²) in [6.45, 7) is 10.7. The largest absolute Gasteiger partial charge is 0.454 e. The summed E-state index contributed by atoms with van der Waals surface area (Å²) < 4.78 is 8.39. The number of hydrazone groups is 1. The van der Waals surface area contributed by atoms with E-state index in [2.05, 4.69) is 37.0 Å². The van der Waals surface area contributed by atoms with E-state index in [4.69, 9.17) is 20.5 Å². The fraction of sp³-hybridized carbons (Fsp3) is 0.360. The van der Waals surface area contributed by atoms with Crippen LogP contribution >= 0.6 is 0 Å². The molecule has 3 aromatic rings. The smallest absolute Gasteiger partial charge is 0.263 e. The van der Waals surface area contributed by atoms with Crippen LogP contribution in [0.3, 0.4) is 0 Å². The van der Waals surface area contributed by atoms with Crippen molar-refractivity contribution >= 4 is 22.7 Å². The van der Waals surface area contributed by atoms with Crippen LogP contribution in [-0.4, -0.2) is 39.5 Å². The molecule has 2 aliphatic heterocycles. The Kier molecular flexibility index (Phi) is 5.16. The number of piperidine rings is 1. The minimum Gasteiger partial charge on any atom is -0.454 e. The maximum atomic E-state index is 12.4. The molecule has 0 spiro atoms. The summed E-state index contributed by atoms with van der Waals surface area (Å²) in [5.74, 6) is 0.805. The summed E-state index contributed by atoms with van der Waals surface area (Å²) in [7, 11) is 0. The molecule has 1 aromatic carbocycles. The van der Waals surface area contributed by atoms with Gasteiger partial charge >= 0.3 is 0 Å². The standard InChI is InChI=1S/C25H27N7O2/c1-13-5-6-19-18(11-13)15(3)23(34-19)22-20-21(16(4)28-29-24(20)27)30-32(22)17-7-9-31(10-8-17)25(33)14(2)12-26/h5-6,11,16-17,28H,2,7-10H2,1,3-4H3,(H2,27,29). The van der Waals surface area contributed by atoms with Crippen molar-refractivity contribution in [2.75, 3.05) is 13.1 Å². The van der Waals surface area contributed by atoms with Gasteiger partial charge in [-0.3, -0.25) is 14.9 Å². The van der Waals surface area contributed by atoms with Crippen molar-refractivity contribution in [3.8, 4) is 17.5 Å². The van der Waals surface area contributed by atoms with Crippen LogP contribution in [-0.2, 0) is 4.79 Å². The molecule has 3 N–H and O–H groups in total. The zero-order chi connectivity index (χ0) is 24.1. The van der Waals surface area contributed by atoms with Gasteiger partial charge in [0.25, 0.3) is 5.91 Å². The van der Waals surface area contributed by atoms with Crippen molar-refractivity contribution in [1.29, 1.82) is 5.26 Å². The summed E-state index contributed by atoms with van der Waals surface area (Å²) in [6, 6.07) is 7.93. The van der Waals surface area contributed by atoms with E-state index in [0.717, 1.165) is 44.8 Å². The number of aromatic nitrogens is 2. The minimum absolute atomic E-state index is 0.0363. The second kappa shape index (κ2) is 8.06. The number of furan rings is 1. The van der Waals surface area contributed by atoms with Gasteiger partial charge in [0, 0.05) is 24.0 Å². The fourth-order valence-electron chi connectivity index (χ4n) is 4.89. The number of amides is 1. The van der Waals surface area contributed by atoms with E-state index in [1.807, 2.05) is 29.8 Å². The topological polar surface area (TPSA) is 125 Å². The number of nitriles is 1. The number of hydrogen-bond acceptors (Lipinski definition) is 7.